The Morgan fingerprint density at radius 2 is 2.25 bits per heavy atom. The Bertz CT molecular complexity index is 347. The highest BCUT2D eigenvalue weighted by molar-refractivity contribution is 5.79. The van der Waals surface area contributed by atoms with Crippen molar-refractivity contribution >= 4 is 6.29 Å². The van der Waals surface area contributed by atoms with Crippen molar-refractivity contribution in [1.82, 2.24) is 0 Å². The second-order valence-electron chi connectivity index (χ2n) is 3.94. The number of aryl methyl sites for hydroxylation is 1. The minimum absolute atomic E-state index is 0.0744. The summed E-state index contributed by atoms with van der Waals surface area (Å²) in [5, 5.41) is 8.87. The minimum atomic E-state index is 0.0744. The van der Waals surface area contributed by atoms with Crippen LogP contribution >= 0.6 is 0 Å². The Morgan fingerprint density at radius 1 is 1.50 bits per heavy atom. The molecule has 1 aromatic carbocycles. The summed E-state index contributed by atoms with van der Waals surface area (Å²) in [5.41, 5.74) is 1.69. The fraction of sp³-hybridized carbons (Fsp3) is 0.462. The molecule has 0 saturated heterocycles. The third-order valence-electron chi connectivity index (χ3n) is 2.44. The van der Waals surface area contributed by atoms with Gasteiger partial charge in [-0.25, -0.2) is 0 Å². The highest BCUT2D eigenvalue weighted by atomic mass is 16.5. The molecule has 3 heteroatoms. The zero-order valence-corrected chi connectivity index (χ0v) is 9.77. The summed E-state index contributed by atoms with van der Waals surface area (Å²) < 4.78 is 5.49. The predicted molar refractivity (Wildman–Crippen MR) is 63.0 cm³/mol. The van der Waals surface area contributed by atoms with Gasteiger partial charge in [0.1, 0.15) is 5.75 Å². The molecule has 0 aliphatic heterocycles. The lowest BCUT2D eigenvalue weighted by atomic mass is 10.1. The van der Waals surface area contributed by atoms with Crippen LogP contribution < -0.4 is 4.74 Å². The van der Waals surface area contributed by atoms with E-state index in [0.717, 1.165) is 18.3 Å². The summed E-state index contributed by atoms with van der Waals surface area (Å²) in [6, 6.07) is 5.60. The molecule has 1 unspecified atom stereocenters. The molecule has 1 aromatic rings. The molecule has 0 spiro atoms. The van der Waals surface area contributed by atoms with E-state index in [9.17, 15) is 4.79 Å². The van der Waals surface area contributed by atoms with Crippen LogP contribution in [0.3, 0.4) is 0 Å². The van der Waals surface area contributed by atoms with Gasteiger partial charge in [0, 0.05) is 12.5 Å². The zero-order chi connectivity index (χ0) is 12.0. The van der Waals surface area contributed by atoms with Crippen LogP contribution in [0.1, 0.15) is 29.8 Å². The SMILES string of the molecule is CCc1ccc(OCC(C)CO)c(C=O)c1. The van der Waals surface area contributed by atoms with Gasteiger partial charge >= 0.3 is 0 Å². The van der Waals surface area contributed by atoms with Gasteiger partial charge in [0.05, 0.1) is 12.2 Å². The lowest BCUT2D eigenvalue weighted by molar-refractivity contribution is 0.111. The Kier molecular flexibility index (Phi) is 4.99. The van der Waals surface area contributed by atoms with Gasteiger partial charge in [-0.15, -0.1) is 0 Å². The van der Waals surface area contributed by atoms with E-state index in [1.165, 1.54) is 0 Å². The molecule has 0 bridgehead atoms. The van der Waals surface area contributed by atoms with Gasteiger partial charge < -0.3 is 9.84 Å². The number of rotatable bonds is 6. The molecule has 1 rings (SSSR count). The standard InChI is InChI=1S/C13H18O3/c1-3-11-4-5-13(12(6-11)8-15)16-9-10(2)7-14/h4-6,8,10,14H,3,7,9H2,1-2H3. The highest BCUT2D eigenvalue weighted by Gasteiger charge is 2.06. The molecule has 0 aliphatic carbocycles. The van der Waals surface area contributed by atoms with Crippen LogP contribution in [0.15, 0.2) is 18.2 Å². The van der Waals surface area contributed by atoms with Crippen molar-refractivity contribution in [3.05, 3.63) is 29.3 Å². The van der Waals surface area contributed by atoms with Crippen LogP contribution in [0, 0.1) is 5.92 Å². The molecule has 0 aromatic heterocycles. The molecule has 0 fully saturated rings. The fourth-order valence-electron chi connectivity index (χ4n) is 1.33. The van der Waals surface area contributed by atoms with Crippen molar-refractivity contribution in [2.45, 2.75) is 20.3 Å². The maximum Gasteiger partial charge on any atom is 0.153 e. The van der Waals surface area contributed by atoms with Gasteiger partial charge in [-0.2, -0.15) is 0 Å². The van der Waals surface area contributed by atoms with E-state index < -0.39 is 0 Å². The first kappa shape index (κ1) is 12.7. The Hall–Kier alpha value is -1.35. The maximum absolute atomic E-state index is 10.9. The van der Waals surface area contributed by atoms with Crippen LogP contribution in [-0.4, -0.2) is 24.6 Å². The third-order valence-corrected chi connectivity index (χ3v) is 2.44. The average molecular weight is 222 g/mol. The van der Waals surface area contributed by atoms with Crippen LogP contribution in [-0.2, 0) is 6.42 Å². The molecular formula is C13H18O3. The first-order valence-electron chi connectivity index (χ1n) is 5.53. The fourth-order valence-corrected chi connectivity index (χ4v) is 1.33. The van der Waals surface area contributed by atoms with Crippen LogP contribution in [0.4, 0.5) is 0 Å². The Balaban J connectivity index is 2.75. The number of aliphatic hydroxyl groups excluding tert-OH is 1. The molecule has 0 aliphatic rings. The van der Waals surface area contributed by atoms with E-state index in [-0.39, 0.29) is 12.5 Å². The number of aliphatic hydroxyl groups is 1. The van der Waals surface area contributed by atoms with E-state index in [2.05, 4.69) is 0 Å². The predicted octanol–water partition coefficient (Wildman–Crippen LogP) is 2.07. The molecule has 1 atom stereocenters. The van der Waals surface area contributed by atoms with Gasteiger partial charge in [0.2, 0.25) is 0 Å². The molecule has 0 amide bonds. The second kappa shape index (κ2) is 6.28. The number of hydrogen-bond donors (Lipinski definition) is 1. The van der Waals surface area contributed by atoms with Crippen molar-refractivity contribution in [3.8, 4) is 5.75 Å². The summed E-state index contributed by atoms with van der Waals surface area (Å²) >= 11 is 0. The van der Waals surface area contributed by atoms with Gasteiger partial charge in [0.15, 0.2) is 6.29 Å². The summed E-state index contributed by atoms with van der Waals surface area (Å²) in [4.78, 5) is 10.9. The molecule has 16 heavy (non-hydrogen) atoms. The first-order chi connectivity index (χ1) is 7.71. The topological polar surface area (TPSA) is 46.5 Å². The van der Waals surface area contributed by atoms with E-state index in [4.69, 9.17) is 9.84 Å². The van der Waals surface area contributed by atoms with E-state index in [1.54, 1.807) is 0 Å². The van der Waals surface area contributed by atoms with Crippen LogP contribution in [0.25, 0.3) is 0 Å². The highest BCUT2D eigenvalue weighted by Crippen LogP contribution is 2.19. The Labute approximate surface area is 96.1 Å². The summed E-state index contributed by atoms with van der Waals surface area (Å²) in [5.74, 6) is 0.665. The number of carbonyl (C=O) groups is 1. The van der Waals surface area contributed by atoms with Gasteiger partial charge in [-0.3, -0.25) is 4.79 Å². The van der Waals surface area contributed by atoms with E-state index in [0.29, 0.717) is 17.9 Å². The number of carbonyl (C=O) groups excluding carboxylic acids is 1. The molecule has 3 nitrogen and oxygen atoms in total. The number of benzene rings is 1. The molecule has 0 saturated carbocycles. The lowest BCUT2D eigenvalue weighted by Crippen LogP contribution is -2.12. The number of ether oxygens (including phenoxy) is 1. The van der Waals surface area contributed by atoms with E-state index in [1.807, 2.05) is 32.0 Å². The van der Waals surface area contributed by atoms with Crippen molar-refractivity contribution < 1.29 is 14.6 Å². The zero-order valence-electron chi connectivity index (χ0n) is 9.77. The van der Waals surface area contributed by atoms with Gasteiger partial charge in [-0.1, -0.05) is 19.9 Å². The maximum atomic E-state index is 10.9. The van der Waals surface area contributed by atoms with Crippen molar-refractivity contribution in [2.75, 3.05) is 13.2 Å². The molecular weight excluding hydrogens is 204 g/mol. The average Bonchev–Trinajstić information content (AvgIpc) is 2.35. The van der Waals surface area contributed by atoms with Crippen molar-refractivity contribution in [3.63, 3.8) is 0 Å². The minimum Gasteiger partial charge on any atom is -0.492 e. The normalized spacial score (nSPS) is 12.2. The van der Waals surface area contributed by atoms with E-state index >= 15 is 0 Å². The van der Waals surface area contributed by atoms with Crippen molar-refractivity contribution in [1.29, 1.82) is 0 Å². The monoisotopic (exact) mass is 222 g/mol. The van der Waals surface area contributed by atoms with Gasteiger partial charge in [-0.05, 0) is 24.1 Å². The Morgan fingerprint density at radius 3 is 2.81 bits per heavy atom. The third kappa shape index (κ3) is 3.35. The van der Waals surface area contributed by atoms with Crippen molar-refractivity contribution in [2.24, 2.45) is 5.92 Å². The first-order valence-corrected chi connectivity index (χ1v) is 5.53. The van der Waals surface area contributed by atoms with Crippen LogP contribution in [0.2, 0.25) is 0 Å². The summed E-state index contributed by atoms with van der Waals surface area (Å²) in [7, 11) is 0. The van der Waals surface area contributed by atoms with Gasteiger partial charge in [0.25, 0.3) is 0 Å². The molecule has 0 radical (unpaired) electrons. The smallest absolute Gasteiger partial charge is 0.153 e. The summed E-state index contributed by atoms with van der Waals surface area (Å²) in [6.45, 7) is 4.44. The number of hydrogen-bond acceptors (Lipinski definition) is 3. The summed E-state index contributed by atoms with van der Waals surface area (Å²) in [6.07, 6.45) is 1.70. The van der Waals surface area contributed by atoms with Crippen LogP contribution in [0.5, 0.6) is 5.75 Å². The largest absolute Gasteiger partial charge is 0.492 e. The molecule has 1 N–H and O–H groups in total. The second-order valence-corrected chi connectivity index (χ2v) is 3.94. The quantitative estimate of drug-likeness (QED) is 0.749. The lowest BCUT2D eigenvalue weighted by Gasteiger charge is -2.12. The number of aldehydes is 1. The molecule has 0 heterocycles. The molecule has 88 valence electrons.